The fraction of sp³-hybridized carbons (Fsp3) is 0.296. The average Bonchev–Trinajstić information content (AvgIpc) is 3.20. The molecule has 0 saturated carbocycles. The zero-order valence-electron chi connectivity index (χ0n) is 19.5. The highest BCUT2D eigenvalue weighted by atomic mass is 16.5. The Morgan fingerprint density at radius 3 is 2.21 bits per heavy atom. The zero-order chi connectivity index (χ0) is 23.9. The number of fused-ring (bicyclic) bond motifs is 1. The summed E-state index contributed by atoms with van der Waals surface area (Å²) in [6, 6.07) is 19.8. The van der Waals surface area contributed by atoms with Gasteiger partial charge in [-0.1, -0.05) is 60.7 Å². The first-order valence-corrected chi connectivity index (χ1v) is 11.6. The second-order valence-electron chi connectivity index (χ2n) is 8.23. The lowest BCUT2D eigenvalue weighted by atomic mass is 9.93. The number of furan rings is 1. The first kappa shape index (κ1) is 23.3. The van der Waals surface area contributed by atoms with Gasteiger partial charge in [-0.2, -0.15) is 5.10 Å². The second kappa shape index (κ2) is 10.8. The van der Waals surface area contributed by atoms with Gasteiger partial charge in [-0.15, -0.1) is 0 Å². The maximum Gasteiger partial charge on any atom is 0.427 e. The van der Waals surface area contributed by atoms with E-state index in [9.17, 15) is 9.59 Å². The van der Waals surface area contributed by atoms with Gasteiger partial charge < -0.3 is 14.1 Å². The van der Waals surface area contributed by atoms with Crippen molar-refractivity contribution in [3.05, 3.63) is 94.4 Å². The summed E-state index contributed by atoms with van der Waals surface area (Å²) in [4.78, 5) is 27.3. The molecule has 0 aliphatic heterocycles. The number of carbonyl (C=O) groups excluding carboxylic acids is 2. The maximum atomic E-state index is 13.8. The molecule has 0 unspecified atom stereocenters. The van der Waals surface area contributed by atoms with Crippen LogP contribution in [0.4, 0.5) is 4.79 Å². The minimum Gasteiger partial charge on any atom is -0.455 e. The van der Waals surface area contributed by atoms with Crippen LogP contribution in [-0.2, 0) is 24.2 Å². The van der Waals surface area contributed by atoms with Crippen LogP contribution in [0, 0.1) is 6.92 Å². The first-order chi connectivity index (χ1) is 16.6. The topological polar surface area (TPSA) is 84.1 Å². The summed E-state index contributed by atoms with van der Waals surface area (Å²) < 4.78 is 11.0. The monoisotopic (exact) mass is 459 g/mol. The molecule has 3 aromatic rings. The van der Waals surface area contributed by atoms with Crippen LogP contribution in [0.1, 0.15) is 58.3 Å². The van der Waals surface area contributed by atoms with E-state index in [0.717, 1.165) is 40.9 Å². The normalized spacial score (nSPS) is 13.9. The van der Waals surface area contributed by atoms with Gasteiger partial charge in [-0.25, -0.2) is 10.2 Å². The number of ether oxygens (including phenoxy) is 1. The Labute approximate surface area is 199 Å². The highest BCUT2D eigenvalue weighted by molar-refractivity contribution is 6.06. The molecule has 1 heterocycles. The van der Waals surface area contributed by atoms with Gasteiger partial charge in [0.1, 0.15) is 5.76 Å². The van der Waals surface area contributed by atoms with Gasteiger partial charge in [0.15, 0.2) is 5.76 Å². The number of nitrogens with zero attached hydrogens (tertiary/aromatic N) is 2. The molecule has 0 atom stereocenters. The van der Waals surface area contributed by atoms with Crippen LogP contribution in [-0.4, -0.2) is 29.2 Å². The molecule has 7 nitrogen and oxygen atoms in total. The molecule has 1 N–H and O–H groups in total. The van der Waals surface area contributed by atoms with Gasteiger partial charge in [-0.05, 0) is 37.8 Å². The summed E-state index contributed by atoms with van der Waals surface area (Å²) in [5, 5.41) is 4.26. The van der Waals surface area contributed by atoms with E-state index in [0.29, 0.717) is 31.0 Å². The van der Waals surface area contributed by atoms with Gasteiger partial charge in [0, 0.05) is 30.6 Å². The smallest absolute Gasteiger partial charge is 0.427 e. The van der Waals surface area contributed by atoms with E-state index in [-0.39, 0.29) is 12.5 Å². The van der Waals surface area contributed by atoms with Gasteiger partial charge in [-0.3, -0.25) is 4.79 Å². The minimum atomic E-state index is -0.600. The van der Waals surface area contributed by atoms with E-state index in [1.54, 1.807) is 11.8 Å². The SMILES string of the molecule is CCOC(=O)N/N=C1\CCCc2oc(C(=O)N(Cc3ccccc3)Cc3ccccc3)c(C)c21. The van der Waals surface area contributed by atoms with Crippen LogP contribution in [0.3, 0.4) is 0 Å². The standard InChI is InChI=1S/C27H29N3O4/c1-3-33-27(32)29-28-22-15-10-16-23-24(22)19(2)25(34-23)26(31)30(17-20-11-6-4-7-12-20)18-21-13-8-5-9-14-21/h4-9,11-14H,3,10,15-18H2,1-2H3,(H,29,32)/b28-22+. The number of hydrogen-bond donors (Lipinski definition) is 1. The molecule has 7 heteroatoms. The molecular weight excluding hydrogens is 430 g/mol. The Hall–Kier alpha value is -3.87. The Morgan fingerprint density at radius 2 is 1.62 bits per heavy atom. The molecule has 0 spiro atoms. The number of amides is 2. The van der Waals surface area contributed by atoms with Crippen LogP contribution in [0.2, 0.25) is 0 Å². The lowest BCUT2D eigenvalue weighted by Gasteiger charge is -2.22. The number of hydrazone groups is 1. The third kappa shape index (κ3) is 5.36. The highest BCUT2D eigenvalue weighted by Gasteiger charge is 2.30. The van der Waals surface area contributed by atoms with Crippen molar-refractivity contribution in [1.29, 1.82) is 0 Å². The van der Waals surface area contributed by atoms with E-state index in [1.807, 2.05) is 67.6 Å². The number of rotatable bonds is 7. The zero-order valence-corrected chi connectivity index (χ0v) is 19.5. The average molecular weight is 460 g/mol. The maximum absolute atomic E-state index is 13.8. The number of benzene rings is 2. The van der Waals surface area contributed by atoms with Crippen LogP contribution < -0.4 is 5.43 Å². The molecule has 0 bridgehead atoms. The second-order valence-corrected chi connectivity index (χ2v) is 8.23. The van der Waals surface area contributed by atoms with Crippen molar-refractivity contribution in [3.8, 4) is 0 Å². The van der Waals surface area contributed by atoms with Crippen molar-refractivity contribution in [2.45, 2.75) is 46.2 Å². The summed E-state index contributed by atoms with van der Waals surface area (Å²) in [7, 11) is 0. The van der Waals surface area contributed by atoms with Crippen molar-refractivity contribution < 1.29 is 18.7 Å². The fourth-order valence-corrected chi connectivity index (χ4v) is 4.21. The molecule has 1 aliphatic carbocycles. The van der Waals surface area contributed by atoms with Crippen LogP contribution >= 0.6 is 0 Å². The molecule has 1 aromatic heterocycles. The molecule has 4 rings (SSSR count). The van der Waals surface area contributed by atoms with Crippen LogP contribution in [0.15, 0.2) is 70.2 Å². The third-order valence-electron chi connectivity index (χ3n) is 5.80. The molecule has 2 aromatic carbocycles. The largest absolute Gasteiger partial charge is 0.455 e. The fourth-order valence-electron chi connectivity index (χ4n) is 4.21. The molecule has 1 aliphatic rings. The summed E-state index contributed by atoms with van der Waals surface area (Å²) in [5.41, 5.74) is 6.78. The van der Waals surface area contributed by atoms with Gasteiger partial charge in [0.25, 0.3) is 5.91 Å². The molecule has 0 fully saturated rings. The lowest BCUT2D eigenvalue weighted by Crippen LogP contribution is -2.30. The Kier molecular flexibility index (Phi) is 7.42. The Balaban J connectivity index is 1.64. The summed E-state index contributed by atoms with van der Waals surface area (Å²) in [6.45, 7) is 4.81. The van der Waals surface area contributed by atoms with Crippen molar-refractivity contribution in [2.75, 3.05) is 6.61 Å². The number of nitrogens with one attached hydrogen (secondary N) is 1. The minimum absolute atomic E-state index is 0.169. The van der Waals surface area contributed by atoms with Gasteiger partial charge >= 0.3 is 6.09 Å². The Morgan fingerprint density at radius 1 is 1.00 bits per heavy atom. The van der Waals surface area contributed by atoms with Crippen molar-refractivity contribution in [3.63, 3.8) is 0 Å². The van der Waals surface area contributed by atoms with E-state index in [1.165, 1.54) is 0 Å². The molecule has 2 amide bonds. The van der Waals surface area contributed by atoms with Gasteiger partial charge in [0.2, 0.25) is 0 Å². The quantitative estimate of drug-likeness (QED) is 0.491. The van der Waals surface area contributed by atoms with Crippen molar-refractivity contribution in [2.24, 2.45) is 5.10 Å². The van der Waals surface area contributed by atoms with Crippen molar-refractivity contribution >= 4 is 17.7 Å². The predicted octanol–water partition coefficient (Wildman–Crippen LogP) is 5.22. The van der Waals surface area contributed by atoms with Gasteiger partial charge in [0.05, 0.1) is 12.3 Å². The lowest BCUT2D eigenvalue weighted by molar-refractivity contribution is 0.0694. The first-order valence-electron chi connectivity index (χ1n) is 11.6. The predicted molar refractivity (Wildman–Crippen MR) is 130 cm³/mol. The molecule has 0 saturated heterocycles. The summed E-state index contributed by atoms with van der Waals surface area (Å²) in [6.07, 6.45) is 1.63. The van der Waals surface area contributed by atoms with Crippen LogP contribution in [0.25, 0.3) is 0 Å². The van der Waals surface area contributed by atoms with E-state index in [4.69, 9.17) is 9.15 Å². The highest BCUT2D eigenvalue weighted by Crippen LogP contribution is 2.31. The number of hydrogen-bond acceptors (Lipinski definition) is 5. The molecule has 34 heavy (non-hydrogen) atoms. The summed E-state index contributed by atoms with van der Waals surface area (Å²) in [5.74, 6) is 0.885. The molecule has 176 valence electrons. The van der Waals surface area contributed by atoms with E-state index >= 15 is 0 Å². The third-order valence-corrected chi connectivity index (χ3v) is 5.80. The molecular formula is C27H29N3O4. The number of aryl methyl sites for hydroxylation is 1. The molecule has 0 radical (unpaired) electrons. The van der Waals surface area contributed by atoms with Crippen molar-refractivity contribution in [1.82, 2.24) is 10.3 Å². The van der Waals surface area contributed by atoms with Crippen LogP contribution in [0.5, 0.6) is 0 Å². The number of carbonyl (C=O) groups is 2. The van der Waals surface area contributed by atoms with E-state index < -0.39 is 6.09 Å². The summed E-state index contributed by atoms with van der Waals surface area (Å²) >= 11 is 0. The Bertz CT molecular complexity index is 1130. The van der Waals surface area contributed by atoms with E-state index in [2.05, 4.69) is 10.5 Å².